The van der Waals surface area contributed by atoms with E-state index >= 15 is 4.39 Å². The van der Waals surface area contributed by atoms with E-state index in [1.54, 1.807) is 71.9 Å². The Balaban J connectivity index is 2.27. The molecule has 11 nitrogen and oxygen atoms in total. The summed E-state index contributed by atoms with van der Waals surface area (Å²) in [7, 11) is 0.904. The van der Waals surface area contributed by atoms with E-state index in [4.69, 9.17) is 14.2 Å². The van der Waals surface area contributed by atoms with Crippen LogP contribution < -0.4 is 14.5 Å². The van der Waals surface area contributed by atoms with E-state index in [0.29, 0.717) is 5.56 Å². The first-order chi connectivity index (χ1) is 23.0. The number of nitrogens with zero attached hydrogens (tertiary/aromatic N) is 3. The number of alkyl halides is 3. The molecule has 0 saturated carbocycles. The number of carbonyl (C=O) groups excluding carboxylic acids is 4. The van der Waals surface area contributed by atoms with Gasteiger partial charge in [0.1, 0.15) is 35.8 Å². The molecule has 15 heteroatoms. The number of esters is 1. The molecule has 0 bridgehead atoms. The van der Waals surface area contributed by atoms with Gasteiger partial charge in [-0.15, -0.1) is 0 Å². The molecule has 0 radical (unpaired) electrons. The SMILES string of the molecule is COC(=O)CN(C(=O)C(F)(F)F)c1c(OCc2ccccc2)cc2c(c1F)C[C@@H](CN(CC(C)C)C(=O)OC(C)(C)C)N2C(=O)OC(C)(C)C. The molecule has 1 aliphatic rings. The number of halogens is 4. The van der Waals surface area contributed by atoms with Gasteiger partial charge in [-0.05, 0) is 53.0 Å². The van der Waals surface area contributed by atoms with Crippen molar-refractivity contribution in [1.29, 1.82) is 0 Å². The van der Waals surface area contributed by atoms with Gasteiger partial charge < -0.3 is 23.8 Å². The monoisotopic (exact) mass is 711 g/mol. The van der Waals surface area contributed by atoms with Crippen LogP contribution in [0.2, 0.25) is 0 Å². The number of hydrogen-bond acceptors (Lipinski definition) is 8. The van der Waals surface area contributed by atoms with Gasteiger partial charge in [-0.3, -0.25) is 19.4 Å². The molecule has 3 amide bonds. The largest absolute Gasteiger partial charge is 0.487 e. The van der Waals surface area contributed by atoms with E-state index in [0.717, 1.165) is 18.1 Å². The predicted molar refractivity (Wildman–Crippen MR) is 176 cm³/mol. The van der Waals surface area contributed by atoms with Gasteiger partial charge in [-0.2, -0.15) is 13.2 Å². The van der Waals surface area contributed by atoms with Gasteiger partial charge in [0.15, 0.2) is 5.82 Å². The highest BCUT2D eigenvalue weighted by atomic mass is 19.4. The van der Waals surface area contributed by atoms with Crippen molar-refractivity contribution in [2.24, 2.45) is 5.92 Å². The van der Waals surface area contributed by atoms with Crippen molar-refractivity contribution < 1.29 is 55.7 Å². The Kier molecular flexibility index (Phi) is 12.4. The second-order valence-corrected chi connectivity index (χ2v) is 14.3. The summed E-state index contributed by atoms with van der Waals surface area (Å²) in [5, 5.41) is 0. The van der Waals surface area contributed by atoms with Crippen LogP contribution in [-0.2, 0) is 36.8 Å². The minimum atomic E-state index is -5.52. The summed E-state index contributed by atoms with van der Waals surface area (Å²) in [5.74, 6) is -5.75. The topological polar surface area (TPSA) is 115 Å². The highest BCUT2D eigenvalue weighted by molar-refractivity contribution is 6.03. The smallest absolute Gasteiger partial charge is 0.471 e. The Morgan fingerprint density at radius 3 is 2.08 bits per heavy atom. The lowest BCUT2D eigenvalue weighted by molar-refractivity contribution is -0.171. The molecule has 0 aromatic heterocycles. The molecule has 0 saturated heterocycles. The maximum absolute atomic E-state index is 16.9. The maximum atomic E-state index is 16.9. The molecule has 0 fully saturated rings. The van der Waals surface area contributed by atoms with E-state index < -0.39 is 71.3 Å². The number of anilines is 2. The van der Waals surface area contributed by atoms with Crippen molar-refractivity contribution >= 4 is 35.4 Å². The second kappa shape index (κ2) is 15.5. The Morgan fingerprint density at radius 2 is 1.56 bits per heavy atom. The molecule has 2 aromatic rings. The Hall–Kier alpha value is -4.56. The molecule has 2 aromatic carbocycles. The van der Waals surface area contributed by atoms with Crippen LogP contribution in [0, 0.1) is 11.7 Å². The zero-order chi connectivity index (χ0) is 37.8. The van der Waals surface area contributed by atoms with Gasteiger partial charge in [-0.25, -0.2) is 14.0 Å². The first-order valence-corrected chi connectivity index (χ1v) is 16.0. The number of benzene rings is 2. The van der Waals surface area contributed by atoms with Gasteiger partial charge >= 0.3 is 30.2 Å². The summed E-state index contributed by atoms with van der Waals surface area (Å²) < 4.78 is 80.4. The zero-order valence-electron chi connectivity index (χ0n) is 29.8. The molecule has 1 atom stereocenters. The summed E-state index contributed by atoms with van der Waals surface area (Å²) in [6.07, 6.45) is -7.45. The van der Waals surface area contributed by atoms with Crippen molar-refractivity contribution in [3.63, 3.8) is 0 Å². The number of ether oxygens (including phenoxy) is 4. The van der Waals surface area contributed by atoms with Gasteiger partial charge in [0, 0.05) is 31.1 Å². The van der Waals surface area contributed by atoms with Crippen LogP contribution in [0.5, 0.6) is 5.75 Å². The number of carbonyl (C=O) groups is 4. The van der Waals surface area contributed by atoms with E-state index in [2.05, 4.69) is 4.74 Å². The average Bonchev–Trinajstić information content (AvgIpc) is 3.34. The Morgan fingerprint density at radius 1 is 0.960 bits per heavy atom. The molecule has 0 aliphatic carbocycles. The fourth-order valence-electron chi connectivity index (χ4n) is 5.22. The number of fused-ring (bicyclic) bond motifs is 1. The van der Waals surface area contributed by atoms with E-state index in [9.17, 15) is 32.3 Å². The molecular weight excluding hydrogens is 666 g/mol. The third-order valence-electron chi connectivity index (χ3n) is 7.12. The maximum Gasteiger partial charge on any atom is 0.471 e. The van der Waals surface area contributed by atoms with Crippen molar-refractivity contribution in [2.75, 3.05) is 36.5 Å². The van der Waals surface area contributed by atoms with E-state index in [1.807, 2.05) is 13.8 Å². The van der Waals surface area contributed by atoms with Crippen molar-refractivity contribution in [2.45, 2.75) is 91.8 Å². The molecule has 3 rings (SSSR count). The highest BCUT2D eigenvalue weighted by Crippen LogP contribution is 2.46. The Labute approximate surface area is 289 Å². The highest BCUT2D eigenvalue weighted by Gasteiger charge is 2.48. The average molecular weight is 712 g/mol. The molecule has 1 aliphatic heterocycles. The lowest BCUT2D eigenvalue weighted by atomic mass is 10.1. The number of amides is 3. The lowest BCUT2D eigenvalue weighted by Gasteiger charge is -2.34. The molecule has 50 heavy (non-hydrogen) atoms. The zero-order valence-corrected chi connectivity index (χ0v) is 29.8. The normalized spacial score (nSPS) is 14.6. The minimum absolute atomic E-state index is 0.0529. The third kappa shape index (κ3) is 10.5. The molecule has 276 valence electrons. The Bertz CT molecular complexity index is 1550. The summed E-state index contributed by atoms with van der Waals surface area (Å²) in [4.78, 5) is 54.6. The fraction of sp³-hybridized carbons (Fsp3) is 0.543. The summed E-state index contributed by atoms with van der Waals surface area (Å²) in [5.41, 5.74) is -2.68. The summed E-state index contributed by atoms with van der Waals surface area (Å²) in [6, 6.07) is 8.53. The van der Waals surface area contributed by atoms with Crippen molar-refractivity contribution in [3.8, 4) is 5.75 Å². The molecule has 0 spiro atoms. The first kappa shape index (κ1) is 39.9. The molecule has 1 heterocycles. The number of rotatable bonds is 10. The predicted octanol–water partition coefficient (Wildman–Crippen LogP) is 7.03. The molecular formula is C35H45F4N3O8. The standard InChI is InChI=1S/C35H45F4N3O8/c1-21(2)17-40(31(45)49-33(3,4)5)18-23-15-24-25(42(23)32(46)50-34(6,7)8)16-26(48-20-22-13-11-10-12-14-22)29(28(24)36)41(19-27(43)47-9)30(44)35(37,38)39/h10-14,16,21,23H,15,17-20H2,1-9H3/t23-/m0/s1. The van der Waals surface area contributed by atoms with Crippen LogP contribution in [-0.4, -0.2) is 79.1 Å². The fourth-order valence-corrected chi connectivity index (χ4v) is 5.22. The number of methoxy groups -OCH3 is 1. The van der Waals surface area contributed by atoms with Crippen LogP contribution in [0.4, 0.5) is 38.5 Å². The van der Waals surface area contributed by atoms with Crippen LogP contribution in [0.25, 0.3) is 0 Å². The molecule has 0 unspecified atom stereocenters. The van der Waals surface area contributed by atoms with Crippen LogP contribution in [0.3, 0.4) is 0 Å². The van der Waals surface area contributed by atoms with Gasteiger partial charge in [0.2, 0.25) is 0 Å². The first-order valence-electron chi connectivity index (χ1n) is 16.0. The quantitative estimate of drug-likeness (QED) is 0.147. The van der Waals surface area contributed by atoms with Gasteiger partial charge in [-0.1, -0.05) is 44.2 Å². The summed E-state index contributed by atoms with van der Waals surface area (Å²) in [6.45, 7) is 12.1. The van der Waals surface area contributed by atoms with Gasteiger partial charge in [0.25, 0.3) is 0 Å². The van der Waals surface area contributed by atoms with E-state index in [-0.39, 0.29) is 48.2 Å². The van der Waals surface area contributed by atoms with Crippen molar-refractivity contribution in [1.82, 2.24) is 4.90 Å². The van der Waals surface area contributed by atoms with Crippen LogP contribution >= 0.6 is 0 Å². The third-order valence-corrected chi connectivity index (χ3v) is 7.12. The molecule has 0 N–H and O–H groups in total. The second-order valence-electron chi connectivity index (χ2n) is 14.3. The number of hydrogen-bond donors (Lipinski definition) is 0. The van der Waals surface area contributed by atoms with Crippen molar-refractivity contribution in [3.05, 3.63) is 53.3 Å². The summed E-state index contributed by atoms with van der Waals surface area (Å²) >= 11 is 0. The van der Waals surface area contributed by atoms with E-state index in [1.165, 1.54) is 4.90 Å². The van der Waals surface area contributed by atoms with Crippen LogP contribution in [0.1, 0.15) is 66.5 Å². The lowest BCUT2D eigenvalue weighted by Crippen LogP contribution is -2.50. The van der Waals surface area contributed by atoms with Crippen LogP contribution in [0.15, 0.2) is 36.4 Å². The minimum Gasteiger partial charge on any atom is -0.487 e. The van der Waals surface area contributed by atoms with Gasteiger partial charge in [0.05, 0.1) is 18.8 Å².